The Labute approximate surface area is 187 Å². The van der Waals surface area contributed by atoms with Crippen LogP contribution >= 0.6 is 45.2 Å². The fourth-order valence-corrected chi connectivity index (χ4v) is 4.54. The second kappa shape index (κ2) is 8.09. The SMILES string of the molecule is N#Cc1nn(-c2c(CI)cc(C(F)(F)F)cc2CI)c(N)c1S(=O)(=O)C(F)(F)F. The van der Waals surface area contributed by atoms with Crippen molar-refractivity contribution in [3.63, 3.8) is 0 Å². The minimum atomic E-state index is -6.02. The smallest absolute Gasteiger partial charge is 0.382 e. The van der Waals surface area contributed by atoms with Gasteiger partial charge in [0.25, 0.3) is 9.84 Å². The van der Waals surface area contributed by atoms with Crippen LogP contribution in [0.5, 0.6) is 0 Å². The van der Waals surface area contributed by atoms with E-state index >= 15 is 0 Å². The number of alkyl halides is 8. The van der Waals surface area contributed by atoms with Crippen molar-refractivity contribution in [1.82, 2.24) is 9.78 Å². The van der Waals surface area contributed by atoms with E-state index in [2.05, 4.69) is 5.10 Å². The lowest BCUT2D eigenvalue weighted by atomic mass is 10.0. The van der Waals surface area contributed by atoms with Gasteiger partial charge in [-0.1, -0.05) is 45.2 Å². The average molecular weight is 664 g/mol. The van der Waals surface area contributed by atoms with Gasteiger partial charge >= 0.3 is 11.7 Å². The van der Waals surface area contributed by atoms with Crippen LogP contribution in [0.2, 0.25) is 0 Å². The third kappa shape index (κ3) is 4.28. The van der Waals surface area contributed by atoms with Crippen molar-refractivity contribution in [3.05, 3.63) is 34.5 Å². The highest BCUT2D eigenvalue weighted by molar-refractivity contribution is 14.1. The molecule has 2 N–H and O–H groups in total. The third-order valence-corrected chi connectivity index (χ3v) is 6.84. The Morgan fingerprint density at radius 3 is 1.93 bits per heavy atom. The molecule has 0 aliphatic rings. The summed E-state index contributed by atoms with van der Waals surface area (Å²) < 4.78 is 103. The molecule has 0 fully saturated rings. The molecule has 0 unspecified atom stereocenters. The second-order valence-corrected chi connectivity index (χ2v) is 8.85. The molecule has 0 aliphatic carbocycles. The molecule has 29 heavy (non-hydrogen) atoms. The van der Waals surface area contributed by atoms with Crippen LogP contribution < -0.4 is 5.73 Å². The fourth-order valence-electron chi connectivity index (χ4n) is 2.44. The number of anilines is 1. The molecule has 0 spiro atoms. The maximum Gasteiger partial charge on any atom is 0.502 e. The first-order valence-electron chi connectivity index (χ1n) is 7.15. The molecule has 15 heteroatoms. The summed E-state index contributed by atoms with van der Waals surface area (Å²) in [6.07, 6.45) is -4.68. The van der Waals surface area contributed by atoms with Gasteiger partial charge in [-0.25, -0.2) is 13.1 Å². The molecule has 2 rings (SSSR count). The van der Waals surface area contributed by atoms with E-state index in [1.807, 2.05) is 0 Å². The largest absolute Gasteiger partial charge is 0.502 e. The summed E-state index contributed by atoms with van der Waals surface area (Å²) in [6, 6.07) is 2.77. The molecule has 0 bridgehead atoms. The summed E-state index contributed by atoms with van der Waals surface area (Å²) in [6.45, 7) is 0. The molecule has 2 aromatic rings. The molecule has 0 radical (unpaired) electrons. The van der Waals surface area contributed by atoms with E-state index in [0.29, 0.717) is 4.68 Å². The minimum Gasteiger partial charge on any atom is -0.382 e. The minimum absolute atomic E-state index is 0.00161. The molecular weight excluding hydrogens is 656 g/mol. The van der Waals surface area contributed by atoms with Crippen LogP contribution in [0.1, 0.15) is 22.4 Å². The van der Waals surface area contributed by atoms with E-state index in [1.165, 1.54) is 6.07 Å². The molecule has 0 saturated carbocycles. The molecular formula is C14H8F6I2N4O2S. The summed E-state index contributed by atoms with van der Waals surface area (Å²) in [4.78, 5) is -1.54. The van der Waals surface area contributed by atoms with Gasteiger partial charge in [-0.15, -0.1) is 0 Å². The van der Waals surface area contributed by atoms with Crippen molar-refractivity contribution >= 4 is 60.8 Å². The number of rotatable bonds is 4. The van der Waals surface area contributed by atoms with Crippen LogP contribution in [0, 0.1) is 11.3 Å². The van der Waals surface area contributed by atoms with Crippen LogP contribution in [0.25, 0.3) is 5.69 Å². The highest BCUT2D eigenvalue weighted by atomic mass is 127. The van der Waals surface area contributed by atoms with Gasteiger partial charge in [0.1, 0.15) is 11.9 Å². The molecule has 1 aromatic carbocycles. The second-order valence-electron chi connectivity index (χ2n) is 5.44. The molecule has 0 saturated heterocycles. The van der Waals surface area contributed by atoms with Crippen LogP contribution in [-0.4, -0.2) is 23.7 Å². The lowest BCUT2D eigenvalue weighted by Crippen LogP contribution is -2.24. The number of benzene rings is 1. The first-order chi connectivity index (χ1) is 13.2. The predicted molar refractivity (Wildman–Crippen MR) is 106 cm³/mol. The van der Waals surface area contributed by atoms with Gasteiger partial charge in [-0.05, 0) is 23.3 Å². The number of hydrogen-bond acceptors (Lipinski definition) is 5. The van der Waals surface area contributed by atoms with E-state index in [1.54, 1.807) is 45.2 Å². The van der Waals surface area contributed by atoms with Crippen LogP contribution in [-0.2, 0) is 24.9 Å². The number of aromatic nitrogens is 2. The molecule has 0 atom stereocenters. The fraction of sp³-hybridized carbons (Fsp3) is 0.286. The Morgan fingerprint density at radius 1 is 1.10 bits per heavy atom. The zero-order valence-electron chi connectivity index (χ0n) is 13.7. The van der Waals surface area contributed by atoms with Gasteiger partial charge < -0.3 is 5.73 Å². The van der Waals surface area contributed by atoms with Gasteiger partial charge in [0.05, 0.1) is 11.3 Å². The van der Waals surface area contributed by atoms with E-state index in [4.69, 9.17) is 11.0 Å². The number of nitriles is 1. The van der Waals surface area contributed by atoms with E-state index < -0.39 is 43.5 Å². The Kier molecular flexibility index (Phi) is 6.69. The maximum absolute atomic E-state index is 13.1. The van der Waals surface area contributed by atoms with Gasteiger partial charge in [-0.3, -0.25) is 0 Å². The Balaban J connectivity index is 2.93. The normalized spacial score (nSPS) is 12.8. The summed E-state index contributed by atoms with van der Waals surface area (Å²) in [5.74, 6) is -1.02. The summed E-state index contributed by atoms with van der Waals surface area (Å²) in [5.41, 5.74) is -2.36. The zero-order valence-corrected chi connectivity index (χ0v) is 18.9. The molecule has 158 valence electrons. The Hall–Kier alpha value is -1.29. The number of nitrogens with two attached hydrogens (primary N) is 1. The predicted octanol–water partition coefficient (Wildman–Crippen LogP) is 4.51. The first kappa shape index (κ1) is 24.0. The van der Waals surface area contributed by atoms with Gasteiger partial charge in [-0.2, -0.15) is 36.7 Å². The van der Waals surface area contributed by atoms with Crippen molar-refractivity contribution < 1.29 is 34.8 Å². The monoisotopic (exact) mass is 664 g/mol. The first-order valence-corrected chi connectivity index (χ1v) is 11.7. The number of nitrogen functional groups attached to an aromatic ring is 1. The van der Waals surface area contributed by atoms with E-state index in [9.17, 15) is 34.8 Å². The Morgan fingerprint density at radius 2 is 1.59 bits per heavy atom. The van der Waals surface area contributed by atoms with Crippen molar-refractivity contribution in [1.29, 1.82) is 5.26 Å². The molecule has 0 aliphatic heterocycles. The summed E-state index contributed by atoms with van der Waals surface area (Å²) in [5, 5.41) is 12.6. The maximum atomic E-state index is 13.1. The summed E-state index contributed by atoms with van der Waals surface area (Å²) >= 11 is 3.47. The van der Waals surface area contributed by atoms with E-state index in [0.717, 1.165) is 12.1 Å². The van der Waals surface area contributed by atoms with Crippen LogP contribution in [0.15, 0.2) is 17.0 Å². The van der Waals surface area contributed by atoms with Crippen molar-refractivity contribution in [2.45, 2.75) is 25.4 Å². The lowest BCUT2D eigenvalue weighted by Gasteiger charge is -2.17. The number of sulfone groups is 1. The van der Waals surface area contributed by atoms with Gasteiger partial charge in [0, 0.05) is 8.86 Å². The van der Waals surface area contributed by atoms with Crippen molar-refractivity contribution in [2.75, 3.05) is 5.73 Å². The average Bonchev–Trinajstić information content (AvgIpc) is 2.95. The molecule has 0 amide bonds. The third-order valence-electron chi connectivity index (χ3n) is 3.65. The van der Waals surface area contributed by atoms with Crippen LogP contribution in [0.4, 0.5) is 32.2 Å². The van der Waals surface area contributed by atoms with Gasteiger partial charge in [0.15, 0.2) is 10.6 Å². The van der Waals surface area contributed by atoms with Crippen LogP contribution in [0.3, 0.4) is 0 Å². The quantitative estimate of drug-likeness (QED) is 0.295. The summed E-state index contributed by atoms with van der Waals surface area (Å²) in [7, 11) is -6.02. The standard InChI is InChI=1S/C14H8F6I2N4O2S/c15-13(16,17)8-1-6(3-21)10(7(2-8)4-22)26-12(24)11(9(5-23)25-26)29(27,28)14(18,19)20/h1-2H,3-4,24H2. The molecule has 6 nitrogen and oxygen atoms in total. The number of nitrogens with zero attached hydrogens (tertiary/aromatic N) is 3. The highest BCUT2D eigenvalue weighted by Crippen LogP contribution is 2.39. The molecule has 1 heterocycles. The van der Waals surface area contributed by atoms with Crippen molar-refractivity contribution in [2.24, 2.45) is 0 Å². The number of hydrogen-bond donors (Lipinski definition) is 1. The highest BCUT2D eigenvalue weighted by Gasteiger charge is 2.51. The number of halogens is 8. The Bertz CT molecular complexity index is 1080. The zero-order chi connectivity index (χ0) is 22.4. The topological polar surface area (TPSA) is 102 Å². The molecule has 1 aromatic heterocycles. The van der Waals surface area contributed by atoms with E-state index in [-0.39, 0.29) is 25.7 Å². The van der Waals surface area contributed by atoms with Gasteiger partial charge in [0.2, 0.25) is 0 Å². The van der Waals surface area contributed by atoms with Crippen molar-refractivity contribution in [3.8, 4) is 11.8 Å². The lowest BCUT2D eigenvalue weighted by molar-refractivity contribution is -0.137.